The number of aryl methyl sites for hydroxylation is 1. The molecule has 5 heteroatoms. The summed E-state index contributed by atoms with van der Waals surface area (Å²) in [5.74, 6) is 0.540. The molecular weight excluding hydrogens is 314 g/mol. The number of hydrogen-bond donors (Lipinski definition) is 2. The van der Waals surface area contributed by atoms with E-state index in [4.69, 9.17) is 10.5 Å². The van der Waals surface area contributed by atoms with E-state index in [1.165, 1.54) is 18.4 Å². The summed E-state index contributed by atoms with van der Waals surface area (Å²) in [5.41, 5.74) is 8.68. The van der Waals surface area contributed by atoms with Crippen LogP contribution in [0.5, 0.6) is 0 Å². The van der Waals surface area contributed by atoms with Gasteiger partial charge in [-0.25, -0.2) is 4.79 Å². The van der Waals surface area contributed by atoms with Crippen molar-refractivity contribution in [1.29, 1.82) is 0 Å². The fourth-order valence-electron chi connectivity index (χ4n) is 3.89. The molecule has 3 N–H and O–H groups in total. The third-order valence-electron chi connectivity index (χ3n) is 5.13. The Morgan fingerprint density at radius 1 is 1.32 bits per heavy atom. The van der Waals surface area contributed by atoms with Crippen molar-refractivity contribution in [3.63, 3.8) is 0 Å². The first-order valence-corrected chi connectivity index (χ1v) is 9.47. The Kier molecular flexibility index (Phi) is 5.23. The SMILES string of the molecule is CC(C)(C)OC(=O)N1CCCc2ccc(NC3CCCC3CN)cc21. The molecule has 0 saturated heterocycles. The van der Waals surface area contributed by atoms with E-state index in [0.717, 1.165) is 37.2 Å². The van der Waals surface area contributed by atoms with E-state index in [1.54, 1.807) is 4.90 Å². The number of carbonyl (C=O) groups excluding carboxylic acids is 1. The van der Waals surface area contributed by atoms with Gasteiger partial charge in [0.2, 0.25) is 0 Å². The van der Waals surface area contributed by atoms with Crippen LogP contribution in [-0.4, -0.2) is 30.8 Å². The van der Waals surface area contributed by atoms with Crippen molar-refractivity contribution in [2.45, 2.75) is 64.5 Å². The molecule has 1 saturated carbocycles. The van der Waals surface area contributed by atoms with Gasteiger partial charge in [0.15, 0.2) is 0 Å². The third-order valence-corrected chi connectivity index (χ3v) is 5.13. The zero-order valence-electron chi connectivity index (χ0n) is 15.7. The van der Waals surface area contributed by atoms with Crippen molar-refractivity contribution in [2.75, 3.05) is 23.3 Å². The fraction of sp³-hybridized carbons (Fsp3) is 0.650. The fourth-order valence-corrected chi connectivity index (χ4v) is 3.89. The van der Waals surface area contributed by atoms with Crippen LogP contribution in [0.2, 0.25) is 0 Å². The number of fused-ring (bicyclic) bond motifs is 1. The highest BCUT2D eigenvalue weighted by Crippen LogP contribution is 2.33. The summed E-state index contributed by atoms with van der Waals surface area (Å²) in [6.45, 7) is 7.15. The van der Waals surface area contributed by atoms with Crippen LogP contribution in [0.3, 0.4) is 0 Å². The molecule has 1 amide bonds. The van der Waals surface area contributed by atoms with E-state index >= 15 is 0 Å². The molecule has 1 aromatic rings. The monoisotopic (exact) mass is 345 g/mol. The number of hydrogen-bond acceptors (Lipinski definition) is 4. The van der Waals surface area contributed by atoms with E-state index in [-0.39, 0.29) is 6.09 Å². The number of benzene rings is 1. The number of ether oxygens (including phenoxy) is 1. The van der Waals surface area contributed by atoms with Crippen LogP contribution < -0.4 is 16.0 Å². The highest BCUT2D eigenvalue weighted by Gasteiger charge is 2.29. The average molecular weight is 345 g/mol. The first kappa shape index (κ1) is 18.1. The topological polar surface area (TPSA) is 67.6 Å². The second-order valence-corrected chi connectivity index (χ2v) is 8.26. The lowest BCUT2D eigenvalue weighted by molar-refractivity contribution is 0.0578. The van der Waals surface area contributed by atoms with Gasteiger partial charge in [0.25, 0.3) is 0 Å². The zero-order valence-corrected chi connectivity index (χ0v) is 15.7. The van der Waals surface area contributed by atoms with Crippen molar-refractivity contribution in [3.05, 3.63) is 23.8 Å². The van der Waals surface area contributed by atoms with Gasteiger partial charge in [-0.2, -0.15) is 0 Å². The molecule has 2 atom stereocenters. The molecule has 25 heavy (non-hydrogen) atoms. The lowest BCUT2D eigenvalue weighted by atomic mass is 10.00. The minimum Gasteiger partial charge on any atom is -0.443 e. The van der Waals surface area contributed by atoms with Crippen molar-refractivity contribution >= 4 is 17.5 Å². The Hall–Kier alpha value is -1.75. The lowest BCUT2D eigenvalue weighted by Crippen LogP contribution is -2.39. The summed E-state index contributed by atoms with van der Waals surface area (Å²) < 4.78 is 5.59. The van der Waals surface area contributed by atoms with Crippen LogP contribution >= 0.6 is 0 Å². The Labute approximate surface area is 150 Å². The van der Waals surface area contributed by atoms with E-state index in [9.17, 15) is 4.79 Å². The molecule has 138 valence electrons. The van der Waals surface area contributed by atoms with Crippen LogP contribution in [0.15, 0.2) is 18.2 Å². The molecular formula is C20H31N3O2. The average Bonchev–Trinajstić information content (AvgIpc) is 2.99. The van der Waals surface area contributed by atoms with Crippen molar-refractivity contribution in [3.8, 4) is 0 Å². The number of amides is 1. The van der Waals surface area contributed by atoms with Crippen molar-refractivity contribution in [1.82, 2.24) is 0 Å². The van der Waals surface area contributed by atoms with Gasteiger partial charge in [0.05, 0.1) is 5.69 Å². The van der Waals surface area contributed by atoms with Crippen LogP contribution in [0.25, 0.3) is 0 Å². The summed E-state index contributed by atoms with van der Waals surface area (Å²) >= 11 is 0. The molecule has 1 aliphatic carbocycles. The molecule has 0 aromatic heterocycles. The standard InChI is InChI=1S/C20H31N3O2/c1-20(2,3)25-19(24)23-11-5-7-14-9-10-16(12-18(14)23)22-17-8-4-6-15(17)13-21/h9-10,12,15,17,22H,4-8,11,13,21H2,1-3H3. The van der Waals surface area contributed by atoms with E-state index < -0.39 is 5.60 Å². The maximum atomic E-state index is 12.6. The first-order valence-electron chi connectivity index (χ1n) is 9.47. The molecule has 1 aliphatic heterocycles. The van der Waals surface area contributed by atoms with Gasteiger partial charge in [0, 0.05) is 18.3 Å². The molecule has 0 bridgehead atoms. The van der Waals surface area contributed by atoms with Crippen LogP contribution in [0.4, 0.5) is 16.2 Å². The van der Waals surface area contributed by atoms with Gasteiger partial charge in [-0.05, 0) is 76.6 Å². The van der Waals surface area contributed by atoms with E-state index in [1.807, 2.05) is 20.8 Å². The molecule has 5 nitrogen and oxygen atoms in total. The third kappa shape index (κ3) is 4.27. The van der Waals surface area contributed by atoms with Crippen molar-refractivity contribution < 1.29 is 9.53 Å². The highest BCUT2D eigenvalue weighted by molar-refractivity contribution is 5.90. The summed E-state index contributed by atoms with van der Waals surface area (Å²) in [5, 5.41) is 3.64. The van der Waals surface area contributed by atoms with Crippen LogP contribution in [0.1, 0.15) is 52.0 Å². The predicted molar refractivity (Wildman–Crippen MR) is 102 cm³/mol. The minimum atomic E-state index is -0.483. The molecule has 0 spiro atoms. The number of nitrogens with one attached hydrogen (secondary N) is 1. The van der Waals surface area contributed by atoms with E-state index in [0.29, 0.717) is 18.5 Å². The second-order valence-electron chi connectivity index (χ2n) is 8.26. The largest absolute Gasteiger partial charge is 0.443 e. The van der Waals surface area contributed by atoms with Gasteiger partial charge in [-0.15, -0.1) is 0 Å². The van der Waals surface area contributed by atoms with Crippen LogP contribution in [-0.2, 0) is 11.2 Å². The summed E-state index contributed by atoms with van der Waals surface area (Å²) in [4.78, 5) is 14.4. The maximum absolute atomic E-state index is 12.6. The second kappa shape index (κ2) is 7.24. The lowest BCUT2D eigenvalue weighted by Gasteiger charge is -2.32. The highest BCUT2D eigenvalue weighted by atomic mass is 16.6. The molecule has 2 unspecified atom stereocenters. The number of anilines is 2. The first-order chi connectivity index (χ1) is 11.9. The Bertz CT molecular complexity index is 624. The van der Waals surface area contributed by atoms with Gasteiger partial charge >= 0.3 is 6.09 Å². The molecule has 1 aromatic carbocycles. The molecule has 2 aliphatic rings. The molecule has 1 heterocycles. The van der Waals surface area contributed by atoms with Crippen LogP contribution in [0, 0.1) is 5.92 Å². The molecule has 3 rings (SSSR count). The maximum Gasteiger partial charge on any atom is 0.414 e. The Morgan fingerprint density at radius 3 is 2.84 bits per heavy atom. The summed E-state index contributed by atoms with van der Waals surface area (Å²) in [6.07, 6.45) is 5.30. The van der Waals surface area contributed by atoms with E-state index in [2.05, 4.69) is 23.5 Å². The molecule has 0 radical (unpaired) electrons. The smallest absolute Gasteiger partial charge is 0.414 e. The summed E-state index contributed by atoms with van der Waals surface area (Å²) in [7, 11) is 0. The molecule has 1 fully saturated rings. The zero-order chi connectivity index (χ0) is 18.0. The summed E-state index contributed by atoms with van der Waals surface area (Å²) in [6, 6.07) is 6.80. The van der Waals surface area contributed by atoms with Gasteiger partial charge < -0.3 is 15.8 Å². The van der Waals surface area contributed by atoms with Gasteiger partial charge in [-0.3, -0.25) is 4.90 Å². The van der Waals surface area contributed by atoms with Crippen molar-refractivity contribution in [2.24, 2.45) is 11.7 Å². The number of nitrogens with two attached hydrogens (primary N) is 1. The predicted octanol–water partition coefficient (Wildman–Crippen LogP) is 3.91. The quantitative estimate of drug-likeness (QED) is 0.871. The number of rotatable bonds is 3. The normalized spacial score (nSPS) is 23.3. The Morgan fingerprint density at radius 2 is 2.12 bits per heavy atom. The Balaban J connectivity index is 1.79. The minimum absolute atomic E-state index is 0.258. The van der Waals surface area contributed by atoms with Gasteiger partial charge in [0.1, 0.15) is 5.60 Å². The number of carbonyl (C=O) groups is 1. The number of nitrogens with zero attached hydrogens (tertiary/aromatic N) is 1. The van der Waals surface area contributed by atoms with Gasteiger partial charge in [-0.1, -0.05) is 12.5 Å².